The third-order valence-corrected chi connectivity index (χ3v) is 10.4. The number of rotatable bonds is 13. The van der Waals surface area contributed by atoms with Crippen LogP contribution in [0.2, 0.25) is 5.02 Å². The molecule has 3 N–H and O–H groups in total. The van der Waals surface area contributed by atoms with E-state index in [-0.39, 0.29) is 35.6 Å². The van der Waals surface area contributed by atoms with Crippen LogP contribution in [0, 0.1) is 18.3 Å². The zero-order valence-electron chi connectivity index (χ0n) is 28.8. The smallest absolute Gasteiger partial charge is 0.469 e. The largest absolute Gasteiger partial charge is 0.497 e. The van der Waals surface area contributed by atoms with Crippen LogP contribution in [0.1, 0.15) is 47.7 Å². The van der Waals surface area contributed by atoms with Gasteiger partial charge in [-0.1, -0.05) is 96.5 Å². The number of benzene rings is 4. The van der Waals surface area contributed by atoms with Gasteiger partial charge < -0.3 is 24.0 Å². The number of phosphoric ester groups is 1. The minimum atomic E-state index is -5.25. The molecule has 6 rings (SSSR count). The lowest BCUT2D eigenvalue weighted by molar-refractivity contribution is -0.149. The number of phosphoric acid groups is 1. The number of hydrogen-bond donors (Lipinski definition) is 3. The highest BCUT2D eigenvalue weighted by Gasteiger charge is 2.66. The van der Waals surface area contributed by atoms with E-state index in [1.54, 1.807) is 43.5 Å². The Bertz CT molecular complexity index is 2220. The zero-order chi connectivity index (χ0) is 37.8. The molecule has 0 amide bonds. The topological polar surface area (TPSA) is 173 Å². The van der Waals surface area contributed by atoms with Crippen LogP contribution in [-0.2, 0) is 19.2 Å². The molecule has 14 heteroatoms. The van der Waals surface area contributed by atoms with Crippen molar-refractivity contribution in [3.63, 3.8) is 0 Å². The molecule has 5 aromatic rings. The number of hydrogen-bond acceptors (Lipinski definition) is 8. The van der Waals surface area contributed by atoms with Gasteiger partial charge in [0.15, 0.2) is 5.60 Å². The lowest BCUT2D eigenvalue weighted by atomic mass is 9.55. The lowest BCUT2D eigenvalue weighted by Crippen LogP contribution is -2.66. The van der Waals surface area contributed by atoms with Gasteiger partial charge in [-0.15, -0.1) is 0 Å². The number of aromatic nitrogens is 2. The van der Waals surface area contributed by atoms with Crippen LogP contribution >= 0.6 is 19.4 Å². The fraction of sp³-hybridized carbons (Fsp3) is 0.256. The maximum Gasteiger partial charge on any atom is 0.469 e. The second kappa shape index (κ2) is 15.5. The first kappa shape index (κ1) is 37.8. The van der Waals surface area contributed by atoms with Crippen molar-refractivity contribution in [3.05, 3.63) is 164 Å². The first-order chi connectivity index (χ1) is 25.4. The first-order valence-electron chi connectivity index (χ1n) is 16.7. The number of aryl methyl sites for hydroxylation is 1. The summed E-state index contributed by atoms with van der Waals surface area (Å²) in [5, 5.41) is 10.5. The molecule has 274 valence electrons. The van der Waals surface area contributed by atoms with Crippen molar-refractivity contribution >= 4 is 19.4 Å². The number of nitrogens with one attached hydrogen (secondary N) is 1. The second-order valence-electron chi connectivity index (χ2n) is 12.7. The van der Waals surface area contributed by atoms with Gasteiger partial charge in [0, 0.05) is 31.0 Å². The maximum atomic E-state index is 13.3. The summed E-state index contributed by atoms with van der Waals surface area (Å²) in [6, 6.07) is 35.0. The normalized spacial score (nSPS) is 18.5. The van der Waals surface area contributed by atoms with E-state index < -0.39 is 48.5 Å². The van der Waals surface area contributed by atoms with Gasteiger partial charge in [0.2, 0.25) is 0 Å². The number of nitrogens with zero attached hydrogens (tertiary/aromatic N) is 2. The Labute approximate surface area is 310 Å². The Kier molecular flexibility index (Phi) is 11.1. The van der Waals surface area contributed by atoms with E-state index >= 15 is 0 Å². The molecule has 0 spiro atoms. The lowest BCUT2D eigenvalue weighted by Gasteiger charge is -2.54. The molecule has 1 aliphatic rings. The molecule has 1 aromatic heterocycles. The highest BCUT2D eigenvalue weighted by Crippen LogP contribution is 2.58. The van der Waals surface area contributed by atoms with Crippen molar-refractivity contribution < 1.29 is 33.1 Å². The number of H-pyrrole nitrogens is 1. The van der Waals surface area contributed by atoms with Crippen LogP contribution in [0.4, 0.5) is 0 Å². The highest BCUT2D eigenvalue weighted by atomic mass is 35.5. The Hall–Kier alpha value is -4.99. The van der Waals surface area contributed by atoms with Gasteiger partial charge in [-0.3, -0.25) is 18.9 Å². The molecule has 53 heavy (non-hydrogen) atoms. The molecule has 1 unspecified atom stereocenters. The number of aromatic amines is 1. The molecule has 1 aliphatic heterocycles. The Morgan fingerprint density at radius 2 is 1.53 bits per heavy atom. The van der Waals surface area contributed by atoms with Gasteiger partial charge in [0.1, 0.15) is 29.9 Å². The van der Waals surface area contributed by atoms with E-state index in [1.807, 2.05) is 72.8 Å². The molecule has 4 aromatic carbocycles. The average molecular weight is 758 g/mol. The summed E-state index contributed by atoms with van der Waals surface area (Å²) >= 11 is 6.84. The molecule has 12 nitrogen and oxygen atoms in total. The summed E-state index contributed by atoms with van der Waals surface area (Å²) < 4.78 is 39.2. The van der Waals surface area contributed by atoms with Gasteiger partial charge >= 0.3 is 13.5 Å². The summed E-state index contributed by atoms with van der Waals surface area (Å²) in [6.07, 6.45) is -3.28. The fourth-order valence-electron chi connectivity index (χ4n) is 7.44. The van der Waals surface area contributed by atoms with E-state index in [9.17, 15) is 29.2 Å². The van der Waals surface area contributed by atoms with Crippen molar-refractivity contribution in [1.82, 2.24) is 9.55 Å². The van der Waals surface area contributed by atoms with Crippen molar-refractivity contribution in [2.24, 2.45) is 0 Å². The molecular formula is C39H37ClN3O9P. The summed E-state index contributed by atoms with van der Waals surface area (Å²) in [4.78, 5) is 48.7. The molecule has 0 saturated carbocycles. The highest BCUT2D eigenvalue weighted by molar-refractivity contribution is 7.46. The predicted octanol–water partition coefficient (Wildman–Crippen LogP) is 6.43. The fourth-order valence-corrected chi connectivity index (χ4v) is 8.17. The van der Waals surface area contributed by atoms with Gasteiger partial charge in [0.25, 0.3) is 5.56 Å². The Balaban J connectivity index is 1.78. The minimum absolute atomic E-state index is 0.109. The van der Waals surface area contributed by atoms with Crippen molar-refractivity contribution in [3.8, 4) is 17.6 Å². The Morgan fingerprint density at radius 1 is 0.943 bits per heavy atom. The van der Waals surface area contributed by atoms with Crippen molar-refractivity contribution in [2.45, 2.75) is 55.6 Å². The third kappa shape index (κ3) is 7.33. The van der Waals surface area contributed by atoms with Gasteiger partial charge in [0.05, 0.1) is 23.6 Å². The van der Waals surface area contributed by atoms with E-state index in [0.29, 0.717) is 22.4 Å². The number of para-hydroxylation sites is 1. The van der Waals surface area contributed by atoms with Crippen LogP contribution in [0.25, 0.3) is 0 Å². The number of methoxy groups -OCH3 is 1. The van der Waals surface area contributed by atoms with Crippen LogP contribution < -0.4 is 20.7 Å². The van der Waals surface area contributed by atoms with E-state index in [0.717, 1.165) is 4.57 Å². The molecule has 0 bridgehead atoms. The molecule has 1 fully saturated rings. The number of nitriles is 1. The first-order valence-corrected chi connectivity index (χ1v) is 18.6. The standard InChI is InChI=1S/C39H37ClN3O9P/c1-26-25-43(37(45)42-36(26)44)34-24-33(52-53(46,47)48)35(50-34)38(22-11-23-41,51-32-17-10-9-16-31(32)40)39(27-12-5-3-6-13-27,28-14-7-4-8-15-28)29-18-20-30(49-2)21-19-29/h3-10,12-21,25,33-35H,11,22,24H2,1-2H3,(H,42,44,45)(H2,46,47,48)/t33-,34+,35-,38?/m0/s1. The maximum absolute atomic E-state index is 13.3. The van der Waals surface area contributed by atoms with Crippen molar-refractivity contribution in [1.29, 1.82) is 5.26 Å². The molecule has 4 atom stereocenters. The van der Waals surface area contributed by atoms with Crippen LogP contribution in [-0.4, -0.2) is 44.3 Å². The predicted molar refractivity (Wildman–Crippen MR) is 197 cm³/mol. The van der Waals surface area contributed by atoms with Crippen LogP contribution in [0.15, 0.2) is 125 Å². The van der Waals surface area contributed by atoms with Gasteiger partial charge in [-0.2, -0.15) is 5.26 Å². The number of halogens is 1. The molecule has 0 radical (unpaired) electrons. The third-order valence-electron chi connectivity index (χ3n) is 9.57. The summed E-state index contributed by atoms with van der Waals surface area (Å²) in [7, 11) is -3.71. The average Bonchev–Trinajstić information content (AvgIpc) is 3.56. The summed E-state index contributed by atoms with van der Waals surface area (Å²) in [5.74, 6) is 0.752. The monoisotopic (exact) mass is 757 g/mol. The van der Waals surface area contributed by atoms with Crippen LogP contribution in [0.3, 0.4) is 0 Å². The molecule has 2 heterocycles. The number of ether oxygens (including phenoxy) is 3. The van der Waals surface area contributed by atoms with E-state index in [1.165, 1.54) is 13.1 Å². The summed E-state index contributed by atoms with van der Waals surface area (Å²) in [6.45, 7) is 1.52. The second-order valence-corrected chi connectivity index (χ2v) is 14.2. The summed E-state index contributed by atoms with van der Waals surface area (Å²) in [5.41, 5.74) is -2.54. The molecule has 1 saturated heterocycles. The Morgan fingerprint density at radius 3 is 2.09 bits per heavy atom. The van der Waals surface area contributed by atoms with Gasteiger partial charge in [-0.25, -0.2) is 9.36 Å². The van der Waals surface area contributed by atoms with E-state index in [4.69, 9.17) is 30.3 Å². The van der Waals surface area contributed by atoms with Crippen molar-refractivity contribution in [2.75, 3.05) is 7.11 Å². The zero-order valence-corrected chi connectivity index (χ0v) is 30.4. The van der Waals surface area contributed by atoms with Gasteiger partial charge in [-0.05, 0) is 47.9 Å². The quantitative estimate of drug-likeness (QED) is 0.0898. The van der Waals surface area contributed by atoms with Crippen LogP contribution in [0.5, 0.6) is 11.5 Å². The van der Waals surface area contributed by atoms with E-state index in [2.05, 4.69) is 11.1 Å². The molecule has 0 aliphatic carbocycles. The minimum Gasteiger partial charge on any atom is -0.497 e. The SMILES string of the molecule is COc1ccc(C(c2ccccc2)(c2ccccc2)C(CCC#N)(Oc2ccccc2Cl)[C@H]2O[C@@H](n3cc(C)c(=O)[nH]c3=O)C[C@@H]2OP(=O)(O)O)cc1. The molecular weight excluding hydrogens is 721 g/mol.